The predicted octanol–water partition coefficient (Wildman–Crippen LogP) is 2.61. The van der Waals surface area contributed by atoms with Crippen LogP contribution in [0, 0.1) is 6.92 Å². The highest BCUT2D eigenvalue weighted by atomic mass is 35.5. The Hall–Kier alpha value is -0.830. The van der Waals surface area contributed by atoms with Gasteiger partial charge in [-0.3, -0.25) is 0 Å². The van der Waals surface area contributed by atoms with Crippen molar-refractivity contribution in [3.8, 4) is 0 Å². The van der Waals surface area contributed by atoms with Crippen LogP contribution >= 0.6 is 11.6 Å². The van der Waals surface area contributed by atoms with Gasteiger partial charge in [-0.2, -0.15) is 0 Å². The van der Waals surface area contributed by atoms with Crippen LogP contribution in [0.5, 0.6) is 0 Å². The van der Waals surface area contributed by atoms with Crippen LogP contribution in [0.2, 0.25) is 0 Å². The maximum Gasteiger partial charge on any atom is 0.129 e. The first-order valence-electron chi connectivity index (χ1n) is 4.91. The molecule has 78 valence electrons. The van der Waals surface area contributed by atoms with Crippen LogP contribution in [0.25, 0.3) is 0 Å². The van der Waals surface area contributed by atoms with Gasteiger partial charge in [0.05, 0.1) is 0 Å². The Morgan fingerprint density at radius 3 is 2.86 bits per heavy atom. The Bertz CT molecular complexity index is 265. The van der Waals surface area contributed by atoms with E-state index in [2.05, 4.69) is 15.3 Å². The molecule has 4 heteroatoms. The molecule has 0 saturated carbocycles. The molecule has 0 saturated heterocycles. The van der Waals surface area contributed by atoms with E-state index < -0.39 is 0 Å². The Morgan fingerprint density at radius 2 is 2.14 bits per heavy atom. The van der Waals surface area contributed by atoms with Crippen LogP contribution in [0.3, 0.4) is 0 Å². The number of aromatic nitrogens is 2. The van der Waals surface area contributed by atoms with E-state index in [0.29, 0.717) is 0 Å². The van der Waals surface area contributed by atoms with Crippen molar-refractivity contribution < 1.29 is 0 Å². The summed E-state index contributed by atoms with van der Waals surface area (Å²) in [5.41, 5.74) is 0.989. The molecule has 1 aromatic heterocycles. The number of halogens is 1. The zero-order valence-corrected chi connectivity index (χ0v) is 9.22. The van der Waals surface area contributed by atoms with Crippen molar-refractivity contribution in [3.63, 3.8) is 0 Å². The molecule has 0 aliphatic rings. The van der Waals surface area contributed by atoms with Crippen molar-refractivity contribution in [3.05, 3.63) is 18.1 Å². The number of rotatable bonds is 6. The van der Waals surface area contributed by atoms with Gasteiger partial charge >= 0.3 is 0 Å². The maximum atomic E-state index is 5.58. The number of hydrogen-bond acceptors (Lipinski definition) is 3. The van der Waals surface area contributed by atoms with Gasteiger partial charge in [-0.25, -0.2) is 9.97 Å². The minimum Gasteiger partial charge on any atom is -0.370 e. The molecule has 1 aromatic rings. The Morgan fingerprint density at radius 1 is 1.29 bits per heavy atom. The van der Waals surface area contributed by atoms with Gasteiger partial charge in [0.25, 0.3) is 0 Å². The zero-order chi connectivity index (χ0) is 10.2. The van der Waals surface area contributed by atoms with Gasteiger partial charge in [0.1, 0.15) is 12.1 Å². The molecule has 1 heterocycles. The van der Waals surface area contributed by atoms with Gasteiger partial charge in [-0.15, -0.1) is 11.6 Å². The largest absolute Gasteiger partial charge is 0.370 e. The lowest BCUT2D eigenvalue weighted by molar-refractivity contribution is 0.745. The van der Waals surface area contributed by atoms with Crippen LogP contribution in [0.15, 0.2) is 12.4 Å². The number of nitrogens with zero attached hydrogens (tertiary/aromatic N) is 2. The lowest BCUT2D eigenvalue weighted by atomic mass is 10.2. The summed E-state index contributed by atoms with van der Waals surface area (Å²) in [7, 11) is 0. The molecular weight excluding hydrogens is 198 g/mol. The smallest absolute Gasteiger partial charge is 0.129 e. The predicted molar refractivity (Wildman–Crippen MR) is 59.8 cm³/mol. The van der Waals surface area contributed by atoms with Gasteiger partial charge in [-0.05, 0) is 19.8 Å². The van der Waals surface area contributed by atoms with Crippen molar-refractivity contribution in [1.29, 1.82) is 0 Å². The summed E-state index contributed by atoms with van der Waals surface area (Å²) in [5.74, 6) is 1.66. The lowest BCUT2D eigenvalue weighted by Crippen LogP contribution is -2.03. The van der Waals surface area contributed by atoms with Crippen LogP contribution < -0.4 is 5.32 Å². The minimum absolute atomic E-state index is 0.757. The second-order valence-electron chi connectivity index (χ2n) is 3.22. The molecule has 0 spiro atoms. The number of alkyl halides is 1. The van der Waals surface area contributed by atoms with Crippen molar-refractivity contribution in [2.45, 2.75) is 26.2 Å². The van der Waals surface area contributed by atoms with Gasteiger partial charge in [0, 0.05) is 24.2 Å². The minimum atomic E-state index is 0.757. The summed E-state index contributed by atoms with van der Waals surface area (Å²) in [6.45, 7) is 2.91. The SMILES string of the molecule is Cc1cc(NCCCCCCl)ncn1. The highest BCUT2D eigenvalue weighted by Gasteiger charge is 1.93. The monoisotopic (exact) mass is 213 g/mol. The van der Waals surface area contributed by atoms with Crippen molar-refractivity contribution in [2.75, 3.05) is 17.7 Å². The average Bonchev–Trinajstić information content (AvgIpc) is 2.18. The van der Waals surface area contributed by atoms with Gasteiger partial charge < -0.3 is 5.32 Å². The second kappa shape index (κ2) is 6.60. The van der Waals surface area contributed by atoms with Crippen LogP contribution in [0.4, 0.5) is 5.82 Å². The fourth-order valence-electron chi connectivity index (χ4n) is 1.16. The third-order valence-corrected chi connectivity index (χ3v) is 2.19. The van der Waals surface area contributed by atoms with E-state index in [-0.39, 0.29) is 0 Å². The van der Waals surface area contributed by atoms with Crippen molar-refractivity contribution in [2.24, 2.45) is 0 Å². The van der Waals surface area contributed by atoms with E-state index in [1.165, 1.54) is 6.42 Å². The first-order chi connectivity index (χ1) is 6.83. The summed E-state index contributed by atoms with van der Waals surface area (Å²) in [5, 5.41) is 3.25. The number of anilines is 1. The molecule has 1 rings (SSSR count). The topological polar surface area (TPSA) is 37.8 Å². The molecule has 14 heavy (non-hydrogen) atoms. The molecule has 0 aliphatic heterocycles. The zero-order valence-electron chi connectivity index (χ0n) is 8.46. The third kappa shape index (κ3) is 4.42. The standard InChI is InChI=1S/C10H16ClN3/c1-9-7-10(14-8-13-9)12-6-4-2-3-5-11/h7-8H,2-6H2,1H3,(H,12,13,14). The molecule has 0 bridgehead atoms. The number of nitrogens with one attached hydrogen (secondary N) is 1. The molecule has 0 radical (unpaired) electrons. The summed E-state index contributed by atoms with van der Waals surface area (Å²) in [6.07, 6.45) is 4.97. The molecule has 0 aromatic carbocycles. The lowest BCUT2D eigenvalue weighted by Gasteiger charge is -2.04. The quantitative estimate of drug-likeness (QED) is 0.583. The van der Waals surface area contributed by atoms with E-state index in [1.54, 1.807) is 6.33 Å². The fraction of sp³-hybridized carbons (Fsp3) is 0.600. The highest BCUT2D eigenvalue weighted by molar-refractivity contribution is 6.17. The first-order valence-corrected chi connectivity index (χ1v) is 5.45. The molecular formula is C10H16ClN3. The first kappa shape index (κ1) is 11.2. The normalized spacial score (nSPS) is 10.1. The highest BCUT2D eigenvalue weighted by Crippen LogP contribution is 2.03. The summed E-state index contributed by atoms with van der Waals surface area (Å²) in [6, 6.07) is 1.95. The Kier molecular flexibility index (Phi) is 5.30. The van der Waals surface area contributed by atoms with Crippen LogP contribution in [-0.2, 0) is 0 Å². The van der Waals surface area contributed by atoms with E-state index >= 15 is 0 Å². The van der Waals surface area contributed by atoms with E-state index in [4.69, 9.17) is 11.6 Å². The third-order valence-electron chi connectivity index (χ3n) is 1.92. The number of unbranched alkanes of at least 4 members (excludes halogenated alkanes) is 2. The maximum absolute atomic E-state index is 5.58. The Labute approximate surface area is 89.9 Å². The van der Waals surface area contributed by atoms with Gasteiger partial charge in [0.2, 0.25) is 0 Å². The van der Waals surface area contributed by atoms with Crippen LogP contribution in [0.1, 0.15) is 25.0 Å². The molecule has 0 atom stereocenters. The van der Waals surface area contributed by atoms with Gasteiger partial charge in [0.15, 0.2) is 0 Å². The van der Waals surface area contributed by atoms with E-state index in [0.717, 1.165) is 36.8 Å². The number of aryl methyl sites for hydroxylation is 1. The van der Waals surface area contributed by atoms with Crippen molar-refractivity contribution in [1.82, 2.24) is 9.97 Å². The van der Waals surface area contributed by atoms with Gasteiger partial charge in [-0.1, -0.05) is 6.42 Å². The average molecular weight is 214 g/mol. The van der Waals surface area contributed by atoms with E-state index in [9.17, 15) is 0 Å². The van der Waals surface area contributed by atoms with Crippen molar-refractivity contribution >= 4 is 17.4 Å². The molecule has 0 unspecified atom stereocenters. The fourth-order valence-corrected chi connectivity index (χ4v) is 1.35. The molecule has 0 fully saturated rings. The molecule has 1 N–H and O–H groups in total. The summed E-state index contributed by atoms with van der Waals surface area (Å²) in [4.78, 5) is 8.14. The van der Waals surface area contributed by atoms with E-state index in [1.807, 2.05) is 13.0 Å². The molecule has 3 nitrogen and oxygen atoms in total. The Balaban J connectivity index is 2.18. The summed E-state index contributed by atoms with van der Waals surface area (Å²) < 4.78 is 0. The second-order valence-corrected chi connectivity index (χ2v) is 3.60. The number of hydrogen-bond donors (Lipinski definition) is 1. The molecule has 0 aliphatic carbocycles. The summed E-state index contributed by atoms with van der Waals surface area (Å²) >= 11 is 5.58. The van der Waals surface area contributed by atoms with Crippen LogP contribution in [-0.4, -0.2) is 22.4 Å². The molecule has 0 amide bonds.